The average Bonchev–Trinajstić information content (AvgIpc) is 2.69. The van der Waals surface area contributed by atoms with E-state index in [1.807, 2.05) is 30.3 Å². The van der Waals surface area contributed by atoms with Crippen molar-refractivity contribution in [2.45, 2.75) is 6.10 Å². The van der Waals surface area contributed by atoms with Gasteiger partial charge in [-0.2, -0.15) is 0 Å². The van der Waals surface area contributed by atoms with Crippen LogP contribution in [0.1, 0.15) is 0 Å². The Balaban J connectivity index is 2.08. The molecule has 1 heterocycles. The molecule has 0 saturated carbocycles. The zero-order chi connectivity index (χ0) is 11.4. The van der Waals surface area contributed by atoms with Crippen LogP contribution in [0, 0.1) is 0 Å². The molecule has 0 bridgehead atoms. The number of carbonyl (C=O) groups excluding carboxylic acids is 1. The van der Waals surface area contributed by atoms with Gasteiger partial charge in [0.15, 0.2) is 0 Å². The second-order valence-electron chi connectivity index (χ2n) is 3.37. The lowest BCUT2D eigenvalue weighted by atomic mass is 10.3. The van der Waals surface area contributed by atoms with E-state index >= 15 is 0 Å². The summed E-state index contributed by atoms with van der Waals surface area (Å²) in [6.45, 7) is 0.591. The lowest BCUT2D eigenvalue weighted by Crippen LogP contribution is -2.24. The Morgan fingerprint density at radius 2 is 2.25 bits per heavy atom. The van der Waals surface area contributed by atoms with E-state index in [1.54, 1.807) is 0 Å². The van der Waals surface area contributed by atoms with Crippen molar-refractivity contribution in [1.82, 2.24) is 0 Å². The summed E-state index contributed by atoms with van der Waals surface area (Å²) in [6, 6.07) is 9.24. The fraction of sp³-hybridized carbons (Fsp3) is 0.300. The lowest BCUT2D eigenvalue weighted by Gasteiger charge is -2.11. The van der Waals surface area contributed by atoms with Gasteiger partial charge in [0.2, 0.25) is 0 Å². The molecule has 6 nitrogen and oxygen atoms in total. The Morgan fingerprint density at radius 1 is 1.50 bits per heavy atom. The van der Waals surface area contributed by atoms with Crippen LogP contribution in [0.2, 0.25) is 0 Å². The first kappa shape index (κ1) is 10.3. The van der Waals surface area contributed by atoms with Crippen LogP contribution in [-0.2, 0) is 4.74 Å². The molecule has 1 aliphatic heterocycles. The summed E-state index contributed by atoms with van der Waals surface area (Å²) in [5.74, 6) is 0. The molecule has 1 saturated heterocycles. The monoisotopic (exact) mass is 218 g/mol. The van der Waals surface area contributed by atoms with E-state index in [0.29, 0.717) is 6.54 Å². The van der Waals surface area contributed by atoms with Gasteiger partial charge in [0, 0.05) is 10.6 Å². The van der Waals surface area contributed by atoms with Gasteiger partial charge in [-0.15, -0.1) is 0 Å². The van der Waals surface area contributed by atoms with Crippen LogP contribution in [0.25, 0.3) is 10.4 Å². The highest BCUT2D eigenvalue weighted by Crippen LogP contribution is 2.20. The second kappa shape index (κ2) is 4.55. The summed E-state index contributed by atoms with van der Waals surface area (Å²) in [6.07, 6.45) is -0.757. The summed E-state index contributed by atoms with van der Waals surface area (Å²) in [4.78, 5) is 15.7. The molecule has 1 aromatic rings. The van der Waals surface area contributed by atoms with Crippen molar-refractivity contribution < 1.29 is 9.53 Å². The summed E-state index contributed by atoms with van der Waals surface area (Å²) >= 11 is 0. The van der Waals surface area contributed by atoms with E-state index in [4.69, 9.17) is 10.3 Å². The van der Waals surface area contributed by atoms with E-state index < -0.39 is 6.09 Å². The molecule has 0 spiro atoms. The van der Waals surface area contributed by atoms with Gasteiger partial charge in [-0.05, 0) is 17.7 Å². The van der Waals surface area contributed by atoms with Crippen LogP contribution in [0.4, 0.5) is 10.5 Å². The standard InChI is InChI=1S/C10H10N4O2/c11-13-12-6-9-7-14(10(15)16-9)8-4-2-1-3-5-8/h1-5,9H,6-7H2. The van der Waals surface area contributed by atoms with Crippen LogP contribution < -0.4 is 4.90 Å². The molecule has 1 atom stereocenters. The smallest absolute Gasteiger partial charge is 0.414 e. The molecule has 0 aromatic heterocycles. The Hall–Kier alpha value is -2.20. The average molecular weight is 218 g/mol. The van der Waals surface area contributed by atoms with Crippen LogP contribution in [-0.4, -0.2) is 25.3 Å². The number of para-hydroxylation sites is 1. The minimum Gasteiger partial charge on any atom is -0.444 e. The number of hydrogen-bond acceptors (Lipinski definition) is 3. The molecule has 1 amide bonds. The molecule has 0 aliphatic carbocycles. The van der Waals surface area contributed by atoms with Crippen molar-refractivity contribution in [3.8, 4) is 0 Å². The number of amides is 1. The maximum Gasteiger partial charge on any atom is 0.414 e. The molecule has 1 unspecified atom stereocenters. The van der Waals surface area contributed by atoms with Crippen molar-refractivity contribution in [1.29, 1.82) is 0 Å². The van der Waals surface area contributed by atoms with E-state index in [2.05, 4.69) is 10.0 Å². The number of nitrogens with zero attached hydrogens (tertiary/aromatic N) is 4. The van der Waals surface area contributed by atoms with E-state index in [0.717, 1.165) is 5.69 Å². The number of carbonyl (C=O) groups is 1. The molecular formula is C10H10N4O2. The van der Waals surface area contributed by atoms with Gasteiger partial charge < -0.3 is 4.74 Å². The molecule has 0 N–H and O–H groups in total. The quantitative estimate of drug-likeness (QED) is 0.443. The van der Waals surface area contributed by atoms with Gasteiger partial charge >= 0.3 is 6.09 Å². The maximum atomic E-state index is 11.5. The molecule has 82 valence electrons. The maximum absolute atomic E-state index is 11.5. The first-order valence-electron chi connectivity index (χ1n) is 4.85. The van der Waals surface area contributed by atoms with Gasteiger partial charge in [0.05, 0.1) is 13.1 Å². The van der Waals surface area contributed by atoms with Crippen LogP contribution >= 0.6 is 0 Å². The summed E-state index contributed by atoms with van der Waals surface area (Å²) in [5.41, 5.74) is 8.97. The summed E-state index contributed by atoms with van der Waals surface area (Å²) in [7, 11) is 0. The zero-order valence-corrected chi connectivity index (χ0v) is 8.48. The highest BCUT2D eigenvalue weighted by Gasteiger charge is 2.31. The minimum absolute atomic E-state index is 0.172. The third-order valence-electron chi connectivity index (χ3n) is 2.29. The highest BCUT2D eigenvalue weighted by atomic mass is 16.6. The fourth-order valence-electron chi connectivity index (χ4n) is 1.56. The SMILES string of the molecule is [N-]=[N+]=NCC1CN(c2ccccc2)C(=O)O1. The number of benzene rings is 1. The molecule has 16 heavy (non-hydrogen) atoms. The Labute approximate surface area is 92.1 Å². The molecule has 1 fully saturated rings. The van der Waals surface area contributed by atoms with Crippen molar-refractivity contribution in [3.63, 3.8) is 0 Å². The molecule has 2 rings (SSSR count). The Kier molecular flexibility index (Phi) is 2.93. The Morgan fingerprint density at radius 3 is 2.94 bits per heavy atom. The minimum atomic E-state index is -0.399. The molecule has 6 heteroatoms. The van der Waals surface area contributed by atoms with Crippen molar-refractivity contribution >= 4 is 11.8 Å². The number of ether oxygens (including phenoxy) is 1. The van der Waals surface area contributed by atoms with Crippen molar-refractivity contribution in [2.24, 2.45) is 5.11 Å². The predicted molar refractivity (Wildman–Crippen MR) is 58.1 cm³/mol. The van der Waals surface area contributed by atoms with Crippen LogP contribution in [0.3, 0.4) is 0 Å². The fourth-order valence-corrected chi connectivity index (χ4v) is 1.56. The topological polar surface area (TPSA) is 78.3 Å². The van der Waals surface area contributed by atoms with Gasteiger partial charge in [-0.25, -0.2) is 4.79 Å². The van der Waals surface area contributed by atoms with E-state index in [-0.39, 0.29) is 12.6 Å². The number of anilines is 1. The van der Waals surface area contributed by atoms with Gasteiger partial charge in [-0.3, -0.25) is 4.90 Å². The number of cyclic esters (lactones) is 1. The molecule has 1 aromatic carbocycles. The van der Waals surface area contributed by atoms with Crippen molar-refractivity contribution in [3.05, 3.63) is 40.8 Å². The second-order valence-corrected chi connectivity index (χ2v) is 3.37. The number of hydrogen-bond donors (Lipinski definition) is 0. The number of rotatable bonds is 3. The molecule has 1 aliphatic rings. The third-order valence-corrected chi connectivity index (χ3v) is 2.29. The van der Waals surface area contributed by atoms with Crippen LogP contribution in [0.5, 0.6) is 0 Å². The molecule has 0 radical (unpaired) electrons. The first-order valence-corrected chi connectivity index (χ1v) is 4.85. The van der Waals surface area contributed by atoms with Gasteiger partial charge in [0.25, 0.3) is 0 Å². The van der Waals surface area contributed by atoms with Crippen LogP contribution in [0.15, 0.2) is 35.4 Å². The zero-order valence-electron chi connectivity index (χ0n) is 8.48. The Bertz CT molecular complexity index is 428. The van der Waals surface area contributed by atoms with E-state index in [1.165, 1.54) is 4.90 Å². The van der Waals surface area contributed by atoms with E-state index in [9.17, 15) is 4.79 Å². The summed E-state index contributed by atoms with van der Waals surface area (Å²) < 4.78 is 5.05. The van der Waals surface area contributed by atoms with Crippen molar-refractivity contribution in [2.75, 3.05) is 18.0 Å². The normalized spacial score (nSPS) is 19.1. The lowest BCUT2D eigenvalue weighted by molar-refractivity contribution is 0.145. The highest BCUT2D eigenvalue weighted by molar-refractivity contribution is 5.89. The largest absolute Gasteiger partial charge is 0.444 e. The summed E-state index contributed by atoms with van der Waals surface area (Å²) in [5, 5.41) is 3.39. The molecular weight excluding hydrogens is 208 g/mol. The van der Waals surface area contributed by atoms with Gasteiger partial charge in [-0.1, -0.05) is 23.3 Å². The first-order chi connectivity index (χ1) is 7.81. The van der Waals surface area contributed by atoms with Gasteiger partial charge in [0.1, 0.15) is 6.10 Å². The number of azide groups is 1. The third kappa shape index (κ3) is 2.07. The predicted octanol–water partition coefficient (Wildman–Crippen LogP) is 2.32.